The highest BCUT2D eigenvalue weighted by Gasteiger charge is 2.34. The number of fused-ring (bicyclic) bond motifs is 3. The van der Waals surface area contributed by atoms with Crippen LogP contribution in [0.3, 0.4) is 0 Å². The minimum absolute atomic E-state index is 0.0888. The minimum atomic E-state index is -0.331. The lowest BCUT2D eigenvalue weighted by Gasteiger charge is -2.03. The molecule has 0 N–H and O–H groups in total. The van der Waals surface area contributed by atoms with Crippen LogP contribution in [0.15, 0.2) is 69.0 Å². The van der Waals surface area contributed by atoms with E-state index in [1.807, 2.05) is 61.0 Å². The van der Waals surface area contributed by atoms with Crippen LogP contribution in [0.1, 0.15) is 39.0 Å². The molecule has 0 saturated heterocycles. The zero-order chi connectivity index (χ0) is 22.9. The number of ketones is 2. The Hall–Kier alpha value is -3.83. The van der Waals surface area contributed by atoms with Gasteiger partial charge in [-0.3, -0.25) is 9.59 Å². The van der Waals surface area contributed by atoms with Gasteiger partial charge in [0.2, 0.25) is 0 Å². The van der Waals surface area contributed by atoms with Crippen LogP contribution >= 0.6 is 11.6 Å². The summed E-state index contributed by atoms with van der Waals surface area (Å²) in [6, 6.07) is 16.9. The fraction of sp³-hybridized carbons (Fsp3) is 0.111. The van der Waals surface area contributed by atoms with Gasteiger partial charge in [-0.2, -0.15) is 0 Å². The van der Waals surface area contributed by atoms with Crippen molar-refractivity contribution < 1.29 is 18.4 Å². The maximum atomic E-state index is 12.9. The first kappa shape index (κ1) is 19.8. The van der Waals surface area contributed by atoms with Crippen LogP contribution in [-0.2, 0) is 13.5 Å². The predicted octanol–water partition coefficient (Wildman–Crippen LogP) is 6.86. The van der Waals surface area contributed by atoms with E-state index in [1.54, 1.807) is 12.1 Å². The monoisotopic (exact) mass is 455 g/mol. The number of nitrogens with zero attached hydrogens (tertiary/aromatic N) is 1. The summed E-state index contributed by atoms with van der Waals surface area (Å²) in [4.78, 5) is 25.8. The first-order valence-corrected chi connectivity index (χ1v) is 11.0. The summed E-state index contributed by atoms with van der Waals surface area (Å²) >= 11 is 6.26. The Labute approximate surface area is 193 Å². The normalized spacial score (nSPS) is 14.8. The molecule has 0 radical (unpaired) electrons. The Morgan fingerprint density at radius 1 is 0.939 bits per heavy atom. The molecule has 6 heteroatoms. The molecule has 2 aromatic carbocycles. The van der Waals surface area contributed by atoms with Crippen molar-refractivity contribution in [3.63, 3.8) is 0 Å². The van der Waals surface area contributed by atoms with Gasteiger partial charge in [0.25, 0.3) is 0 Å². The fourth-order valence-corrected chi connectivity index (χ4v) is 4.78. The minimum Gasteiger partial charge on any atom is -0.455 e. The molecule has 33 heavy (non-hydrogen) atoms. The van der Waals surface area contributed by atoms with Crippen molar-refractivity contribution in [2.24, 2.45) is 7.05 Å². The second-order valence-electron chi connectivity index (χ2n) is 8.19. The van der Waals surface area contributed by atoms with Gasteiger partial charge in [-0.05, 0) is 42.3 Å². The number of carbonyl (C=O) groups is 2. The Morgan fingerprint density at radius 3 is 2.42 bits per heavy atom. The van der Waals surface area contributed by atoms with Crippen LogP contribution in [0, 0.1) is 0 Å². The molecular weight excluding hydrogens is 438 g/mol. The van der Waals surface area contributed by atoms with E-state index in [0.29, 0.717) is 33.9 Å². The summed E-state index contributed by atoms with van der Waals surface area (Å²) in [5.74, 6) is 0.552. The van der Waals surface area contributed by atoms with E-state index in [1.165, 1.54) is 6.08 Å². The molecule has 0 saturated carbocycles. The first-order valence-electron chi connectivity index (χ1n) is 10.7. The average molecular weight is 456 g/mol. The highest BCUT2D eigenvalue weighted by molar-refractivity contribution is 6.42. The van der Waals surface area contributed by atoms with Crippen molar-refractivity contribution in [1.82, 2.24) is 4.57 Å². The number of hydrogen-bond donors (Lipinski definition) is 0. The third kappa shape index (κ3) is 2.93. The zero-order valence-corrected chi connectivity index (χ0v) is 18.7. The third-order valence-electron chi connectivity index (χ3n) is 6.26. The van der Waals surface area contributed by atoms with Crippen LogP contribution in [0.25, 0.3) is 39.6 Å². The smallest absolute Gasteiger partial charge is 0.197 e. The van der Waals surface area contributed by atoms with Crippen LogP contribution in [0.5, 0.6) is 0 Å². The molecule has 0 spiro atoms. The van der Waals surface area contributed by atoms with Gasteiger partial charge in [0, 0.05) is 40.7 Å². The molecule has 6 rings (SSSR count). The van der Waals surface area contributed by atoms with Crippen molar-refractivity contribution >= 4 is 51.3 Å². The van der Waals surface area contributed by atoms with Crippen LogP contribution in [-0.4, -0.2) is 16.1 Å². The number of rotatable bonds is 3. The SMILES string of the molecule is CCc1cc2c(cc1Cl)C(=O)/C(=C\c1cc3c(cc(-c4cc5ccccc5o4)n3C)o1)C2=O. The van der Waals surface area contributed by atoms with Gasteiger partial charge in [0.05, 0.1) is 16.8 Å². The quantitative estimate of drug-likeness (QED) is 0.220. The number of hydrogen-bond acceptors (Lipinski definition) is 4. The summed E-state index contributed by atoms with van der Waals surface area (Å²) in [6.07, 6.45) is 2.20. The van der Waals surface area contributed by atoms with Gasteiger partial charge in [-0.15, -0.1) is 0 Å². The van der Waals surface area contributed by atoms with E-state index in [0.717, 1.165) is 33.5 Å². The van der Waals surface area contributed by atoms with Crippen molar-refractivity contribution in [1.29, 1.82) is 0 Å². The van der Waals surface area contributed by atoms with Gasteiger partial charge in [-0.25, -0.2) is 0 Å². The summed E-state index contributed by atoms with van der Waals surface area (Å²) in [6.45, 7) is 1.96. The van der Waals surface area contributed by atoms with E-state index in [9.17, 15) is 9.59 Å². The third-order valence-corrected chi connectivity index (χ3v) is 6.61. The molecule has 0 atom stereocenters. The number of furan rings is 2. The Balaban J connectivity index is 1.39. The number of aryl methyl sites for hydroxylation is 2. The van der Waals surface area contributed by atoms with Crippen molar-refractivity contribution in [2.45, 2.75) is 13.3 Å². The number of allylic oxidation sites excluding steroid dienone is 1. The second-order valence-corrected chi connectivity index (χ2v) is 8.60. The number of carbonyl (C=O) groups excluding carboxylic acids is 2. The molecule has 0 bridgehead atoms. The molecule has 5 aromatic rings. The molecule has 162 valence electrons. The molecule has 1 aliphatic rings. The second kappa shape index (κ2) is 7.09. The summed E-state index contributed by atoms with van der Waals surface area (Å²) in [5, 5.41) is 1.53. The zero-order valence-electron chi connectivity index (χ0n) is 17.9. The van der Waals surface area contributed by atoms with E-state index < -0.39 is 0 Å². The molecule has 1 aliphatic carbocycles. The molecule has 5 nitrogen and oxygen atoms in total. The topological polar surface area (TPSA) is 65.3 Å². The predicted molar refractivity (Wildman–Crippen MR) is 128 cm³/mol. The molecular formula is C27H18ClNO4. The summed E-state index contributed by atoms with van der Waals surface area (Å²) in [5.41, 5.74) is 4.86. The standard InChI is InChI=1S/C27H18ClNO4/c1-3-14-8-17-18(12-20(14)28)27(31)19(26(17)30)10-16-11-21-25(32-16)13-22(29(21)2)24-9-15-6-4-5-7-23(15)33-24/h4-13H,3H2,1-2H3/b19-10-. The summed E-state index contributed by atoms with van der Waals surface area (Å²) < 4.78 is 13.9. The average Bonchev–Trinajstić information content (AvgIpc) is 3.53. The number of aromatic nitrogens is 1. The lowest BCUT2D eigenvalue weighted by atomic mass is 10.0. The highest BCUT2D eigenvalue weighted by Crippen LogP contribution is 2.35. The Kier molecular flexibility index (Phi) is 4.26. The number of benzene rings is 2. The lowest BCUT2D eigenvalue weighted by molar-refractivity contribution is 0.0990. The van der Waals surface area contributed by atoms with Gasteiger partial charge >= 0.3 is 0 Å². The van der Waals surface area contributed by atoms with Crippen molar-refractivity contribution in [3.8, 4) is 11.5 Å². The molecule has 0 aliphatic heterocycles. The highest BCUT2D eigenvalue weighted by atomic mass is 35.5. The number of Topliss-reactive ketones (excluding diaryl/α,β-unsaturated/α-hetero) is 2. The van der Waals surface area contributed by atoms with Crippen molar-refractivity contribution in [2.75, 3.05) is 0 Å². The maximum Gasteiger partial charge on any atom is 0.197 e. The van der Waals surface area contributed by atoms with Gasteiger partial charge in [-0.1, -0.05) is 36.7 Å². The lowest BCUT2D eigenvalue weighted by Crippen LogP contribution is -1.99. The molecule has 0 fully saturated rings. The van der Waals surface area contributed by atoms with E-state index in [2.05, 4.69) is 0 Å². The fourth-order valence-electron chi connectivity index (χ4n) is 4.48. The van der Waals surface area contributed by atoms with Crippen LogP contribution in [0.4, 0.5) is 0 Å². The molecule has 0 unspecified atom stereocenters. The first-order chi connectivity index (χ1) is 15.9. The van der Waals surface area contributed by atoms with E-state index >= 15 is 0 Å². The van der Waals surface area contributed by atoms with Crippen molar-refractivity contribution in [3.05, 3.63) is 87.6 Å². The Bertz CT molecular complexity index is 1630. The molecule has 0 amide bonds. The van der Waals surface area contributed by atoms with E-state index in [4.69, 9.17) is 20.4 Å². The van der Waals surface area contributed by atoms with Gasteiger partial charge in [0.15, 0.2) is 22.9 Å². The van der Waals surface area contributed by atoms with Gasteiger partial charge in [0.1, 0.15) is 11.3 Å². The molecule has 3 aromatic heterocycles. The largest absolute Gasteiger partial charge is 0.455 e. The van der Waals surface area contributed by atoms with Crippen LogP contribution < -0.4 is 0 Å². The van der Waals surface area contributed by atoms with Gasteiger partial charge < -0.3 is 13.4 Å². The number of para-hydroxylation sites is 1. The maximum absolute atomic E-state index is 12.9. The molecule has 3 heterocycles. The van der Waals surface area contributed by atoms with E-state index in [-0.39, 0.29) is 17.1 Å². The Morgan fingerprint density at radius 2 is 1.70 bits per heavy atom. The van der Waals surface area contributed by atoms with Crippen LogP contribution in [0.2, 0.25) is 5.02 Å². The number of halogens is 1. The summed E-state index contributed by atoms with van der Waals surface area (Å²) in [7, 11) is 1.92.